The molecule has 3 aliphatic rings. The molecule has 1 N–H and O–H groups in total. The molecule has 3 amide bonds. The van der Waals surface area contributed by atoms with Crippen LogP contribution in [-0.2, 0) is 25.7 Å². The van der Waals surface area contributed by atoms with Gasteiger partial charge in [-0.3, -0.25) is 14.4 Å². The molecule has 3 unspecified atom stereocenters. The number of aliphatic hydroxyl groups is 1. The van der Waals surface area contributed by atoms with Crippen LogP contribution in [0.5, 0.6) is 0 Å². The number of aliphatic hydroxyl groups excluding tert-OH is 1. The maximum Gasteiger partial charge on any atom is 0.253 e. The van der Waals surface area contributed by atoms with Crippen molar-refractivity contribution in [3.8, 4) is 0 Å². The fourth-order valence-electron chi connectivity index (χ4n) is 7.47. The highest BCUT2D eigenvalue weighted by Gasteiger charge is 2.77. The highest BCUT2D eigenvalue weighted by atomic mass is 79.9. The molecule has 10 heteroatoms. The highest BCUT2D eigenvalue weighted by Crippen LogP contribution is 2.61. The molecule has 2 bridgehead atoms. The summed E-state index contributed by atoms with van der Waals surface area (Å²) < 4.78 is 6.77. The van der Waals surface area contributed by atoms with E-state index in [0.29, 0.717) is 36.6 Å². The van der Waals surface area contributed by atoms with E-state index >= 15 is 0 Å². The molecule has 5 rings (SSSR count). The summed E-state index contributed by atoms with van der Waals surface area (Å²) in [5.74, 6) is -2.47. The lowest BCUT2D eigenvalue weighted by molar-refractivity contribution is -0.147. The Hall–Kier alpha value is -2.98. The summed E-state index contributed by atoms with van der Waals surface area (Å²) in [5, 5.41) is 11.2. The van der Waals surface area contributed by atoms with Gasteiger partial charge in [0.1, 0.15) is 11.6 Å². The van der Waals surface area contributed by atoms with Gasteiger partial charge in [-0.05, 0) is 48.6 Å². The number of carbonyl (C=O) groups excluding carboxylic acids is 3. The van der Waals surface area contributed by atoms with E-state index in [4.69, 9.17) is 16.3 Å². The summed E-state index contributed by atoms with van der Waals surface area (Å²) in [4.78, 5) is 48.6. The van der Waals surface area contributed by atoms with Crippen LogP contribution in [-0.4, -0.2) is 80.9 Å². The van der Waals surface area contributed by atoms with Crippen LogP contribution < -0.4 is 4.90 Å². The van der Waals surface area contributed by atoms with E-state index in [1.807, 2.05) is 44.2 Å². The van der Waals surface area contributed by atoms with Crippen LogP contribution in [0.25, 0.3) is 0 Å². The molecule has 0 saturated carbocycles. The third kappa shape index (κ3) is 6.12. The van der Waals surface area contributed by atoms with Crippen molar-refractivity contribution in [2.75, 3.05) is 24.6 Å². The van der Waals surface area contributed by atoms with Crippen molar-refractivity contribution in [3.63, 3.8) is 0 Å². The molecule has 0 aliphatic carbocycles. The zero-order valence-electron chi connectivity index (χ0n) is 25.7. The smallest absolute Gasteiger partial charge is 0.253 e. The summed E-state index contributed by atoms with van der Waals surface area (Å²) in [5.41, 5.74) is 0.280. The van der Waals surface area contributed by atoms with Crippen molar-refractivity contribution < 1.29 is 24.2 Å². The average molecular weight is 699 g/mol. The molecule has 3 fully saturated rings. The summed E-state index contributed by atoms with van der Waals surface area (Å²) in [6, 6.07) is 14.9. The number of anilines is 1. The van der Waals surface area contributed by atoms with Gasteiger partial charge in [-0.2, -0.15) is 0 Å². The monoisotopic (exact) mass is 697 g/mol. The van der Waals surface area contributed by atoms with Crippen LogP contribution in [0.3, 0.4) is 0 Å². The van der Waals surface area contributed by atoms with Crippen LogP contribution in [0.1, 0.15) is 32.3 Å². The van der Waals surface area contributed by atoms with E-state index in [2.05, 4.69) is 29.1 Å². The molecule has 0 aromatic heterocycles. The molecule has 0 radical (unpaired) electrons. The molecule has 3 saturated heterocycles. The number of nitrogens with zero attached hydrogens (tertiary/aromatic N) is 3. The molecule has 3 aliphatic heterocycles. The van der Waals surface area contributed by atoms with Gasteiger partial charge in [0, 0.05) is 35.2 Å². The number of hydrogen-bond donors (Lipinski definition) is 1. The standard InChI is InChI=1S/C35H41BrClN3O5/c1-5-16-38(20-23-10-8-7-9-11-23)32(42)28-29-33(43)40(26(21-41)18-22(3)4)31(35(29)19-27(36)30(28)45-35)34(44)39(17-6-2)25-14-12-24(37)13-15-25/h5-15,22,26-31,41H,1-2,16-21H2,3-4H3/t26-,27?,28+,29+,30+,31?,35?/m1/s1. The molecule has 7 atom stereocenters. The van der Waals surface area contributed by atoms with Crippen LogP contribution in [0.4, 0.5) is 5.69 Å². The van der Waals surface area contributed by atoms with E-state index in [1.165, 1.54) is 4.90 Å². The topological polar surface area (TPSA) is 90.4 Å². The molecule has 2 aromatic rings. The molecule has 240 valence electrons. The second-order valence-corrected chi connectivity index (χ2v) is 14.2. The zero-order valence-corrected chi connectivity index (χ0v) is 28.1. The maximum atomic E-state index is 14.8. The number of amides is 3. The number of carbonyl (C=O) groups is 3. The minimum absolute atomic E-state index is 0.136. The Kier molecular flexibility index (Phi) is 10.2. The molecule has 45 heavy (non-hydrogen) atoms. The summed E-state index contributed by atoms with van der Waals surface area (Å²) in [7, 11) is 0. The van der Waals surface area contributed by atoms with Crippen molar-refractivity contribution >= 4 is 50.9 Å². The van der Waals surface area contributed by atoms with Gasteiger partial charge in [0.25, 0.3) is 5.91 Å². The number of alkyl halides is 1. The summed E-state index contributed by atoms with van der Waals surface area (Å²) >= 11 is 9.93. The SMILES string of the molecule is C=CCN(Cc1ccccc1)C(=O)[C@H]1[C@H]2C(=O)N([C@@H](CO)CC(C)C)C(C(=O)N(CC=C)c3ccc(Cl)cc3)C23CC(Br)[C@@H]1O3. The van der Waals surface area contributed by atoms with Crippen molar-refractivity contribution in [1.82, 2.24) is 9.80 Å². The second-order valence-electron chi connectivity index (χ2n) is 12.6. The summed E-state index contributed by atoms with van der Waals surface area (Å²) in [6.07, 6.45) is 3.55. The number of rotatable bonds is 13. The minimum atomic E-state index is -1.27. The van der Waals surface area contributed by atoms with Crippen LogP contribution in [0.2, 0.25) is 5.02 Å². The molecular weight excluding hydrogens is 658 g/mol. The Labute approximate surface area is 278 Å². The van der Waals surface area contributed by atoms with E-state index in [0.717, 1.165) is 5.56 Å². The fourth-order valence-corrected chi connectivity index (χ4v) is 8.53. The first-order chi connectivity index (χ1) is 21.6. The molecule has 3 heterocycles. The minimum Gasteiger partial charge on any atom is -0.394 e. The van der Waals surface area contributed by atoms with E-state index in [1.54, 1.807) is 46.2 Å². The Morgan fingerprint density at radius 3 is 2.38 bits per heavy atom. The van der Waals surface area contributed by atoms with Gasteiger partial charge in [0.05, 0.1) is 30.6 Å². The van der Waals surface area contributed by atoms with Crippen LogP contribution >= 0.6 is 27.5 Å². The van der Waals surface area contributed by atoms with Gasteiger partial charge in [-0.15, -0.1) is 13.2 Å². The van der Waals surface area contributed by atoms with Gasteiger partial charge in [-0.1, -0.05) is 83.9 Å². The van der Waals surface area contributed by atoms with Crippen molar-refractivity contribution in [2.24, 2.45) is 17.8 Å². The first-order valence-corrected chi connectivity index (χ1v) is 16.7. The fraction of sp³-hybridized carbons (Fsp3) is 0.457. The van der Waals surface area contributed by atoms with Gasteiger partial charge in [0.2, 0.25) is 11.8 Å². The number of halogens is 2. The first kappa shape index (κ1) is 33.4. The normalized spacial score (nSPS) is 27.4. The third-order valence-corrected chi connectivity index (χ3v) is 10.3. The van der Waals surface area contributed by atoms with Crippen LogP contribution in [0, 0.1) is 17.8 Å². The Morgan fingerprint density at radius 1 is 1.11 bits per heavy atom. The highest BCUT2D eigenvalue weighted by molar-refractivity contribution is 9.09. The Balaban J connectivity index is 1.60. The quantitative estimate of drug-likeness (QED) is 0.229. The molecule has 2 aromatic carbocycles. The third-order valence-electron chi connectivity index (χ3n) is 9.19. The van der Waals surface area contributed by atoms with Gasteiger partial charge in [0.15, 0.2) is 0 Å². The molecule has 8 nitrogen and oxygen atoms in total. The van der Waals surface area contributed by atoms with E-state index in [-0.39, 0.29) is 41.6 Å². The van der Waals surface area contributed by atoms with Crippen molar-refractivity contribution in [1.29, 1.82) is 0 Å². The lowest BCUT2D eigenvalue weighted by atomic mass is 9.70. The average Bonchev–Trinajstić information content (AvgIpc) is 3.62. The maximum absolute atomic E-state index is 14.8. The zero-order chi connectivity index (χ0) is 32.5. The van der Waals surface area contributed by atoms with Crippen molar-refractivity contribution in [2.45, 2.75) is 61.8 Å². The second kappa shape index (κ2) is 13.8. The van der Waals surface area contributed by atoms with Gasteiger partial charge in [-0.25, -0.2) is 0 Å². The Morgan fingerprint density at radius 2 is 1.78 bits per heavy atom. The number of benzene rings is 2. The number of fused-ring (bicyclic) bond motifs is 1. The molecule has 1 spiro atoms. The lowest BCUT2D eigenvalue weighted by Crippen LogP contribution is -2.59. The van der Waals surface area contributed by atoms with Gasteiger partial charge >= 0.3 is 0 Å². The summed E-state index contributed by atoms with van der Waals surface area (Å²) in [6.45, 7) is 12.3. The van der Waals surface area contributed by atoms with E-state index in [9.17, 15) is 19.5 Å². The number of likely N-dealkylation sites (tertiary alicyclic amines) is 1. The molecular formula is C35H41BrClN3O5. The van der Waals surface area contributed by atoms with Crippen LogP contribution in [0.15, 0.2) is 79.9 Å². The van der Waals surface area contributed by atoms with Gasteiger partial charge < -0.3 is 24.5 Å². The first-order valence-electron chi connectivity index (χ1n) is 15.4. The van der Waals surface area contributed by atoms with E-state index < -0.39 is 35.6 Å². The predicted octanol–water partition coefficient (Wildman–Crippen LogP) is 5.23. The van der Waals surface area contributed by atoms with Crippen molar-refractivity contribution in [3.05, 3.63) is 90.5 Å². The number of hydrogen-bond acceptors (Lipinski definition) is 5. The Bertz CT molecular complexity index is 1420. The lowest BCUT2D eigenvalue weighted by Gasteiger charge is -2.39. The predicted molar refractivity (Wildman–Crippen MR) is 179 cm³/mol. The number of ether oxygens (including phenoxy) is 1. The largest absolute Gasteiger partial charge is 0.394 e.